The van der Waals surface area contributed by atoms with Gasteiger partial charge < -0.3 is 5.32 Å². The van der Waals surface area contributed by atoms with E-state index in [9.17, 15) is 14.9 Å². The lowest BCUT2D eigenvalue weighted by molar-refractivity contribution is -0.123. The van der Waals surface area contributed by atoms with Gasteiger partial charge in [-0.15, -0.1) is 0 Å². The van der Waals surface area contributed by atoms with E-state index in [2.05, 4.69) is 5.32 Å². The van der Waals surface area contributed by atoms with Crippen LogP contribution in [0.25, 0.3) is 6.08 Å². The van der Waals surface area contributed by atoms with Crippen LogP contribution < -0.4 is 10.9 Å². The number of carbonyl (C=O) groups is 1. The van der Waals surface area contributed by atoms with Crippen molar-refractivity contribution in [3.8, 4) is 6.07 Å². The van der Waals surface area contributed by atoms with Crippen LogP contribution in [-0.4, -0.2) is 25.7 Å². The molecule has 0 saturated carbocycles. The summed E-state index contributed by atoms with van der Waals surface area (Å²) in [5.41, 5.74) is 3.07. The third kappa shape index (κ3) is 4.43. The van der Waals surface area contributed by atoms with E-state index in [1.165, 1.54) is 21.9 Å². The summed E-state index contributed by atoms with van der Waals surface area (Å²) in [6, 6.07) is 10.0. The summed E-state index contributed by atoms with van der Waals surface area (Å²) in [4.78, 5) is 27.7. The fourth-order valence-electron chi connectivity index (χ4n) is 3.39. The number of aryl methyl sites for hydroxylation is 1. The number of anilines is 1. The monoisotopic (exact) mass is 452 g/mol. The van der Waals surface area contributed by atoms with Gasteiger partial charge in [-0.05, 0) is 44.9 Å². The zero-order valence-electron chi connectivity index (χ0n) is 18.1. The zero-order chi connectivity index (χ0) is 22.9. The Hall–Kier alpha value is -2.89. The number of thiocarbonyl (C=S) groups is 1. The summed E-state index contributed by atoms with van der Waals surface area (Å²) in [7, 11) is 1.62. The van der Waals surface area contributed by atoms with Crippen molar-refractivity contribution in [2.24, 2.45) is 7.05 Å². The van der Waals surface area contributed by atoms with E-state index in [1.54, 1.807) is 24.9 Å². The minimum atomic E-state index is -0.377. The van der Waals surface area contributed by atoms with Crippen LogP contribution in [-0.2, 0) is 18.4 Å². The van der Waals surface area contributed by atoms with Gasteiger partial charge in [0.1, 0.15) is 21.8 Å². The van der Waals surface area contributed by atoms with Gasteiger partial charge in [-0.3, -0.25) is 19.1 Å². The predicted molar refractivity (Wildman–Crippen MR) is 130 cm³/mol. The Labute approximate surface area is 191 Å². The van der Waals surface area contributed by atoms with Crippen molar-refractivity contribution in [1.82, 2.24) is 9.47 Å². The van der Waals surface area contributed by atoms with Gasteiger partial charge in [0.25, 0.3) is 11.5 Å². The minimum Gasteiger partial charge on any atom is -0.367 e. The number of nitrogens with one attached hydrogen (secondary N) is 1. The molecule has 0 radical (unpaired) electrons. The number of thioether (sulfide) groups is 1. The van der Waals surface area contributed by atoms with E-state index < -0.39 is 0 Å². The standard InChI is InChI=1S/C23H24N4O2S2/c1-13(2)27-22(29)19(31-23(27)30)10-17-15(4)18(11-24)21(28)26(5)20(17)25-12-16-8-6-14(3)7-9-16/h6-10,13,25H,12H2,1-5H3/b19-10-. The highest BCUT2D eigenvalue weighted by Crippen LogP contribution is 2.35. The van der Waals surface area contributed by atoms with Crippen molar-refractivity contribution in [3.05, 3.63) is 67.3 Å². The van der Waals surface area contributed by atoms with E-state index >= 15 is 0 Å². The summed E-state index contributed by atoms with van der Waals surface area (Å²) in [5, 5.41) is 12.9. The summed E-state index contributed by atoms with van der Waals surface area (Å²) in [6.45, 7) is 8.07. The Morgan fingerprint density at radius 2 is 1.87 bits per heavy atom. The first-order valence-corrected chi connectivity index (χ1v) is 11.1. The lowest BCUT2D eigenvalue weighted by Gasteiger charge is -2.19. The van der Waals surface area contributed by atoms with Crippen LogP contribution in [0.1, 0.15) is 41.7 Å². The Balaban J connectivity index is 2.10. The highest BCUT2D eigenvalue weighted by molar-refractivity contribution is 8.26. The van der Waals surface area contributed by atoms with Gasteiger partial charge in [-0.25, -0.2) is 0 Å². The molecule has 160 valence electrons. The van der Waals surface area contributed by atoms with E-state index in [4.69, 9.17) is 12.2 Å². The van der Waals surface area contributed by atoms with E-state index in [0.717, 1.165) is 5.56 Å². The maximum absolute atomic E-state index is 12.9. The molecule has 3 rings (SSSR count). The van der Waals surface area contributed by atoms with Crippen LogP contribution in [0.2, 0.25) is 0 Å². The molecule has 8 heteroatoms. The van der Waals surface area contributed by atoms with Crippen molar-refractivity contribution in [1.29, 1.82) is 5.26 Å². The molecule has 2 aromatic rings. The van der Waals surface area contributed by atoms with Gasteiger partial charge in [0.05, 0.1) is 4.91 Å². The van der Waals surface area contributed by atoms with E-state index in [1.807, 2.05) is 51.1 Å². The van der Waals surface area contributed by atoms with Gasteiger partial charge in [-0.1, -0.05) is 53.8 Å². The number of nitriles is 1. The second-order valence-corrected chi connectivity index (χ2v) is 9.40. The van der Waals surface area contributed by atoms with Crippen LogP contribution >= 0.6 is 24.0 Å². The summed E-state index contributed by atoms with van der Waals surface area (Å²) in [5.74, 6) is 0.387. The number of aromatic nitrogens is 1. The molecule has 0 atom stereocenters. The number of benzene rings is 1. The van der Waals surface area contributed by atoms with Crippen molar-refractivity contribution in [3.63, 3.8) is 0 Å². The molecule has 31 heavy (non-hydrogen) atoms. The number of amides is 1. The maximum Gasteiger partial charge on any atom is 0.270 e. The molecule has 1 amide bonds. The molecule has 1 aromatic carbocycles. The number of hydrogen-bond acceptors (Lipinski definition) is 6. The van der Waals surface area contributed by atoms with Crippen molar-refractivity contribution in [2.75, 3.05) is 5.32 Å². The normalized spacial score (nSPS) is 15.1. The average molecular weight is 453 g/mol. The maximum atomic E-state index is 12.9. The average Bonchev–Trinajstić information content (AvgIpc) is 3.00. The molecule has 1 aliphatic rings. The Kier molecular flexibility index (Phi) is 6.68. The SMILES string of the molecule is Cc1ccc(CNc2c(/C=C3\SC(=S)N(C(C)C)C3=O)c(C)c(C#N)c(=O)n2C)cc1. The van der Waals surface area contributed by atoms with Crippen LogP contribution in [0.4, 0.5) is 5.82 Å². The number of hydrogen-bond donors (Lipinski definition) is 1. The van der Waals surface area contributed by atoms with E-state index in [-0.39, 0.29) is 23.1 Å². The molecule has 0 aliphatic carbocycles. The fraction of sp³-hybridized carbons (Fsp3) is 0.304. The summed E-state index contributed by atoms with van der Waals surface area (Å²) < 4.78 is 1.93. The van der Waals surface area contributed by atoms with Gasteiger partial charge in [0.2, 0.25) is 0 Å². The summed E-state index contributed by atoms with van der Waals surface area (Å²) >= 11 is 6.61. The van der Waals surface area contributed by atoms with Crippen LogP contribution in [0.5, 0.6) is 0 Å². The molecule has 1 saturated heterocycles. The number of pyridine rings is 1. The Morgan fingerprint density at radius 3 is 2.42 bits per heavy atom. The number of rotatable bonds is 5. The molecule has 0 spiro atoms. The lowest BCUT2D eigenvalue weighted by atomic mass is 10.0. The smallest absolute Gasteiger partial charge is 0.270 e. The van der Waals surface area contributed by atoms with E-state index in [0.29, 0.717) is 32.7 Å². The van der Waals surface area contributed by atoms with Gasteiger partial charge in [0, 0.05) is 25.2 Å². The number of carbonyl (C=O) groups excluding carboxylic acids is 1. The van der Waals surface area contributed by atoms with Crippen LogP contribution in [0.15, 0.2) is 34.0 Å². The molecule has 1 aliphatic heterocycles. The molecule has 2 heterocycles. The third-order valence-electron chi connectivity index (χ3n) is 5.20. The second kappa shape index (κ2) is 9.08. The van der Waals surface area contributed by atoms with Crippen LogP contribution in [0, 0.1) is 25.2 Å². The zero-order valence-corrected chi connectivity index (χ0v) is 19.8. The lowest BCUT2D eigenvalue weighted by Crippen LogP contribution is -2.34. The van der Waals surface area contributed by atoms with Crippen molar-refractivity contribution >= 4 is 46.1 Å². The van der Waals surface area contributed by atoms with Gasteiger partial charge in [-0.2, -0.15) is 5.26 Å². The molecule has 6 nitrogen and oxygen atoms in total. The Morgan fingerprint density at radius 1 is 1.23 bits per heavy atom. The van der Waals surface area contributed by atoms with Crippen molar-refractivity contribution < 1.29 is 4.79 Å². The molecular formula is C23H24N4O2S2. The molecule has 1 fully saturated rings. The molecular weight excluding hydrogens is 428 g/mol. The second-order valence-electron chi connectivity index (χ2n) is 7.72. The molecule has 1 N–H and O–H groups in total. The third-order valence-corrected chi connectivity index (χ3v) is 6.53. The quantitative estimate of drug-likeness (QED) is 0.544. The minimum absolute atomic E-state index is 0.0478. The summed E-state index contributed by atoms with van der Waals surface area (Å²) in [6.07, 6.45) is 1.73. The largest absolute Gasteiger partial charge is 0.367 e. The Bertz CT molecular complexity index is 1190. The first-order chi connectivity index (χ1) is 14.6. The predicted octanol–water partition coefficient (Wildman–Crippen LogP) is 4.10. The first kappa shape index (κ1) is 22.8. The molecule has 0 unspecified atom stereocenters. The molecule has 1 aromatic heterocycles. The van der Waals surface area contributed by atoms with Crippen LogP contribution in [0.3, 0.4) is 0 Å². The van der Waals surface area contributed by atoms with Gasteiger partial charge in [0.15, 0.2) is 0 Å². The van der Waals surface area contributed by atoms with Gasteiger partial charge >= 0.3 is 0 Å². The highest BCUT2D eigenvalue weighted by atomic mass is 32.2. The highest BCUT2D eigenvalue weighted by Gasteiger charge is 2.34. The number of nitrogens with zero attached hydrogens (tertiary/aromatic N) is 3. The first-order valence-electron chi connectivity index (χ1n) is 9.85. The molecule has 0 bridgehead atoms. The fourth-order valence-corrected chi connectivity index (χ4v) is 4.90. The topological polar surface area (TPSA) is 78.1 Å². The van der Waals surface area contributed by atoms with Crippen molar-refractivity contribution in [2.45, 2.75) is 40.3 Å².